The summed E-state index contributed by atoms with van der Waals surface area (Å²) in [5.41, 5.74) is -3.01. The second-order valence-corrected chi connectivity index (χ2v) is 12.1. The zero-order valence-corrected chi connectivity index (χ0v) is 19.6. The number of hydrogen-bond acceptors (Lipinski definition) is 7. The summed E-state index contributed by atoms with van der Waals surface area (Å²) in [7, 11) is 0. The predicted molar refractivity (Wildman–Crippen MR) is 115 cm³/mol. The van der Waals surface area contributed by atoms with Crippen molar-refractivity contribution >= 4 is 5.78 Å². The van der Waals surface area contributed by atoms with Crippen molar-refractivity contribution in [2.75, 3.05) is 6.61 Å². The first-order valence-electron chi connectivity index (χ1n) is 12.2. The van der Waals surface area contributed by atoms with Gasteiger partial charge in [0.1, 0.15) is 11.5 Å². The lowest BCUT2D eigenvalue weighted by atomic mass is 9.35. The number of fused-ring (bicyclic) bond motifs is 2. The van der Waals surface area contributed by atoms with E-state index in [1.165, 1.54) is 0 Å². The highest BCUT2D eigenvalue weighted by molar-refractivity contribution is 6.05. The maximum atomic E-state index is 13.7. The van der Waals surface area contributed by atoms with Gasteiger partial charge in [-0.3, -0.25) is 4.79 Å². The zero-order valence-electron chi connectivity index (χ0n) is 19.6. The van der Waals surface area contributed by atoms with Crippen molar-refractivity contribution in [3.05, 3.63) is 12.2 Å². The van der Waals surface area contributed by atoms with Gasteiger partial charge in [0.2, 0.25) is 5.79 Å². The molecule has 4 aliphatic carbocycles. The molecule has 10 atom stereocenters. The second-order valence-electron chi connectivity index (χ2n) is 12.1. The van der Waals surface area contributed by atoms with Gasteiger partial charge in [-0.2, -0.15) is 0 Å². The lowest BCUT2D eigenvalue weighted by Gasteiger charge is -2.76. The van der Waals surface area contributed by atoms with Gasteiger partial charge in [-0.15, -0.1) is 0 Å². The number of carbonyl (C=O) groups excluding carboxylic acids is 1. The van der Waals surface area contributed by atoms with E-state index in [9.17, 15) is 25.2 Å². The molecule has 0 amide bonds. The summed E-state index contributed by atoms with van der Waals surface area (Å²) < 4.78 is 12.4. The van der Waals surface area contributed by atoms with Gasteiger partial charge < -0.3 is 29.9 Å². The van der Waals surface area contributed by atoms with Crippen molar-refractivity contribution in [2.24, 2.45) is 39.9 Å². The van der Waals surface area contributed by atoms with Crippen molar-refractivity contribution < 1.29 is 34.7 Å². The molecule has 6 rings (SSSR count). The summed E-state index contributed by atoms with van der Waals surface area (Å²) in [6.45, 7) is 12.6. The SMILES string of the molecule is C=C1C(=O)C23C(O)C1CCC2C12C(O)CCC(C)(C)C1C(O)C3(O)OC2OCCC(C)C. The number of hydrogen-bond donors (Lipinski definition) is 4. The molecule has 4 bridgehead atoms. The Morgan fingerprint density at radius 1 is 1.16 bits per heavy atom. The van der Waals surface area contributed by atoms with E-state index >= 15 is 0 Å². The van der Waals surface area contributed by atoms with E-state index in [0.29, 0.717) is 38.2 Å². The van der Waals surface area contributed by atoms with Crippen molar-refractivity contribution in [3.8, 4) is 0 Å². The minimum atomic E-state index is -2.31. The van der Waals surface area contributed by atoms with E-state index in [1.807, 2.05) is 13.8 Å². The first-order chi connectivity index (χ1) is 14.9. The van der Waals surface area contributed by atoms with Gasteiger partial charge in [0, 0.05) is 11.8 Å². The molecule has 2 heterocycles. The van der Waals surface area contributed by atoms with Gasteiger partial charge in [-0.25, -0.2) is 0 Å². The molecule has 6 aliphatic rings. The quantitative estimate of drug-likeness (QED) is 0.482. The van der Waals surface area contributed by atoms with E-state index in [4.69, 9.17) is 9.47 Å². The van der Waals surface area contributed by atoms with Crippen LogP contribution in [0, 0.1) is 39.9 Å². The van der Waals surface area contributed by atoms with Crippen LogP contribution in [0.5, 0.6) is 0 Å². The lowest BCUT2D eigenvalue weighted by Crippen LogP contribution is -2.88. The fourth-order valence-corrected chi connectivity index (χ4v) is 8.52. The van der Waals surface area contributed by atoms with Crippen LogP contribution in [0.1, 0.15) is 59.8 Å². The first kappa shape index (κ1) is 22.9. The van der Waals surface area contributed by atoms with Crippen LogP contribution in [0.15, 0.2) is 12.2 Å². The summed E-state index contributed by atoms with van der Waals surface area (Å²) in [4.78, 5) is 13.7. The molecule has 0 aromatic heterocycles. The fraction of sp³-hybridized carbons (Fsp3) is 0.880. The number of aliphatic hydroxyl groups is 4. The van der Waals surface area contributed by atoms with Crippen LogP contribution < -0.4 is 0 Å². The van der Waals surface area contributed by atoms with Crippen LogP contribution in [-0.4, -0.2) is 63.2 Å². The van der Waals surface area contributed by atoms with Gasteiger partial charge in [0.05, 0.1) is 24.2 Å². The summed E-state index contributed by atoms with van der Waals surface area (Å²) in [5, 5.41) is 46.8. The molecule has 180 valence electrons. The Kier molecular flexibility index (Phi) is 4.92. The van der Waals surface area contributed by atoms with Crippen LogP contribution in [-0.2, 0) is 14.3 Å². The Bertz CT molecular complexity index is 838. The van der Waals surface area contributed by atoms with Crippen LogP contribution in [0.2, 0.25) is 0 Å². The molecule has 0 aromatic carbocycles. The van der Waals surface area contributed by atoms with Gasteiger partial charge >= 0.3 is 0 Å². The molecule has 0 aromatic rings. The third-order valence-electron chi connectivity index (χ3n) is 9.87. The van der Waals surface area contributed by atoms with Crippen LogP contribution in [0.3, 0.4) is 0 Å². The Labute approximate surface area is 189 Å². The minimum absolute atomic E-state index is 0.284. The van der Waals surface area contributed by atoms with Gasteiger partial charge in [-0.05, 0) is 54.9 Å². The van der Waals surface area contributed by atoms with E-state index in [2.05, 4.69) is 20.4 Å². The molecule has 7 nitrogen and oxygen atoms in total. The first-order valence-corrected chi connectivity index (χ1v) is 12.2. The van der Waals surface area contributed by atoms with Crippen molar-refractivity contribution in [1.82, 2.24) is 0 Å². The van der Waals surface area contributed by atoms with E-state index in [0.717, 1.165) is 6.42 Å². The molecule has 0 radical (unpaired) electrons. The Balaban J connectivity index is 1.73. The van der Waals surface area contributed by atoms with Crippen LogP contribution in [0.4, 0.5) is 0 Å². The van der Waals surface area contributed by atoms with Gasteiger partial charge in [0.15, 0.2) is 12.1 Å². The number of aliphatic hydroxyl groups excluding tert-OH is 3. The van der Waals surface area contributed by atoms with Gasteiger partial charge in [-0.1, -0.05) is 34.3 Å². The van der Waals surface area contributed by atoms with Crippen LogP contribution in [0.25, 0.3) is 0 Å². The average molecular weight is 451 g/mol. The number of Topliss-reactive ketones (excluding diaryl/α,β-unsaturated/α-hetero) is 1. The van der Waals surface area contributed by atoms with Crippen molar-refractivity contribution in [2.45, 2.75) is 90.2 Å². The molecule has 7 heteroatoms. The predicted octanol–water partition coefficient (Wildman–Crippen LogP) is 1.76. The summed E-state index contributed by atoms with van der Waals surface area (Å²) >= 11 is 0. The monoisotopic (exact) mass is 450 g/mol. The minimum Gasteiger partial charge on any atom is -0.392 e. The molecule has 32 heavy (non-hydrogen) atoms. The number of rotatable bonds is 4. The Morgan fingerprint density at radius 3 is 2.50 bits per heavy atom. The summed E-state index contributed by atoms with van der Waals surface area (Å²) in [6, 6.07) is 0. The topological polar surface area (TPSA) is 116 Å². The van der Waals surface area contributed by atoms with E-state index in [1.54, 1.807) is 0 Å². The molecule has 2 spiro atoms. The average Bonchev–Trinajstić information content (AvgIpc) is 2.81. The molecule has 6 fully saturated rings. The fourth-order valence-electron chi connectivity index (χ4n) is 8.52. The summed E-state index contributed by atoms with van der Waals surface area (Å²) in [5.74, 6) is -3.96. The maximum absolute atomic E-state index is 13.7. The normalized spacial score (nSPS) is 53.5. The van der Waals surface area contributed by atoms with E-state index < -0.39 is 70.2 Å². The molecular weight excluding hydrogens is 412 g/mol. The molecule has 10 unspecified atom stereocenters. The number of ether oxygens (including phenoxy) is 2. The van der Waals surface area contributed by atoms with E-state index in [-0.39, 0.29) is 5.57 Å². The maximum Gasteiger partial charge on any atom is 0.211 e. The Morgan fingerprint density at radius 2 is 1.84 bits per heavy atom. The molecule has 4 saturated carbocycles. The third kappa shape index (κ3) is 2.31. The second kappa shape index (κ2) is 6.86. The van der Waals surface area contributed by atoms with Crippen molar-refractivity contribution in [3.63, 3.8) is 0 Å². The van der Waals surface area contributed by atoms with Crippen molar-refractivity contribution in [1.29, 1.82) is 0 Å². The Hall–Kier alpha value is -0.830. The largest absolute Gasteiger partial charge is 0.392 e. The highest BCUT2D eigenvalue weighted by Gasteiger charge is 2.89. The lowest BCUT2D eigenvalue weighted by molar-refractivity contribution is -0.511. The van der Waals surface area contributed by atoms with Crippen LogP contribution >= 0.6 is 0 Å². The third-order valence-corrected chi connectivity index (χ3v) is 9.87. The number of carbonyl (C=O) groups is 1. The molecule has 2 saturated heterocycles. The highest BCUT2D eigenvalue weighted by Crippen LogP contribution is 2.78. The molecular formula is C25H38O7. The standard InChI is InChI=1S/C25H38O7/c1-12(2)9-11-31-21-23-15-7-6-14-13(3)18(27)24(15,19(14)28)25(30,32-21)20(29)17(23)22(4,5)10-8-16(23)26/h12,14-17,19-21,26,28-30H,3,6-11H2,1-2,4-5H3. The highest BCUT2D eigenvalue weighted by atomic mass is 16.8. The molecule has 2 aliphatic heterocycles. The summed E-state index contributed by atoms with van der Waals surface area (Å²) in [6.07, 6.45) is -1.54. The smallest absolute Gasteiger partial charge is 0.211 e. The number of ketones is 1. The zero-order chi connectivity index (χ0) is 23.4. The molecule has 4 N–H and O–H groups in total. The van der Waals surface area contributed by atoms with Gasteiger partial charge in [0.25, 0.3) is 0 Å².